The minimum atomic E-state index is -0.824. The number of esters is 3. The zero-order valence-corrected chi connectivity index (χ0v) is 33.5. The van der Waals surface area contributed by atoms with Crippen molar-refractivity contribution in [2.24, 2.45) is 0 Å². The monoisotopic (exact) mass is 733 g/mol. The van der Waals surface area contributed by atoms with Crippen molar-refractivity contribution in [1.29, 1.82) is 0 Å². The van der Waals surface area contributed by atoms with Crippen LogP contribution in [0.25, 0.3) is 0 Å². The smallest absolute Gasteiger partial charge is 0.306 e. The fourth-order valence-electron chi connectivity index (χ4n) is 4.95. The predicted octanol–water partition coefficient (Wildman–Crippen LogP) is 12.9. The van der Waals surface area contributed by atoms with E-state index in [4.69, 9.17) is 14.2 Å². The van der Waals surface area contributed by atoms with E-state index in [0.717, 1.165) is 57.8 Å². The number of allylic oxidation sites excluding steroid dienone is 18. The number of unbranched alkanes of at least 4 members (excludes halogenated alkanes) is 12. The Bertz CT molecular complexity index is 1160. The van der Waals surface area contributed by atoms with Crippen molar-refractivity contribution in [3.63, 3.8) is 0 Å². The summed E-state index contributed by atoms with van der Waals surface area (Å²) in [4.78, 5) is 37.5. The van der Waals surface area contributed by atoms with Crippen LogP contribution in [0, 0.1) is 0 Å². The Morgan fingerprint density at radius 1 is 0.396 bits per heavy atom. The Morgan fingerprint density at radius 2 is 0.755 bits per heavy atom. The van der Waals surface area contributed by atoms with Crippen molar-refractivity contribution in [3.05, 3.63) is 109 Å². The van der Waals surface area contributed by atoms with Crippen molar-refractivity contribution >= 4 is 17.9 Å². The van der Waals surface area contributed by atoms with Gasteiger partial charge in [0, 0.05) is 19.3 Å². The van der Waals surface area contributed by atoms with E-state index in [2.05, 4.69) is 39.0 Å². The van der Waals surface area contributed by atoms with Gasteiger partial charge in [0.15, 0.2) is 6.10 Å². The number of hydrogen-bond donors (Lipinski definition) is 0. The Hall–Kier alpha value is -3.93. The number of rotatable bonds is 34. The van der Waals surface area contributed by atoms with E-state index in [1.54, 1.807) is 0 Å². The molecular weight excluding hydrogens is 661 g/mol. The second kappa shape index (κ2) is 40.8. The van der Waals surface area contributed by atoms with Gasteiger partial charge in [-0.1, -0.05) is 188 Å². The normalized spacial score (nSPS) is 13.2. The number of carbonyl (C=O) groups is 3. The predicted molar refractivity (Wildman–Crippen MR) is 223 cm³/mol. The summed E-state index contributed by atoms with van der Waals surface area (Å²) in [6, 6.07) is 0. The van der Waals surface area contributed by atoms with Gasteiger partial charge < -0.3 is 14.2 Å². The molecule has 1 atom stereocenters. The van der Waals surface area contributed by atoms with Crippen LogP contribution in [0.4, 0.5) is 0 Å². The number of carbonyl (C=O) groups excluding carboxylic acids is 3. The highest BCUT2D eigenvalue weighted by molar-refractivity contribution is 5.71. The van der Waals surface area contributed by atoms with Crippen LogP contribution in [0.2, 0.25) is 0 Å². The van der Waals surface area contributed by atoms with Gasteiger partial charge in [-0.3, -0.25) is 14.4 Å². The summed E-state index contributed by atoms with van der Waals surface area (Å²) in [5.74, 6) is -1.06. The summed E-state index contributed by atoms with van der Waals surface area (Å²) in [6.45, 7) is 6.18. The van der Waals surface area contributed by atoms with E-state index in [1.807, 2.05) is 91.1 Å². The third kappa shape index (κ3) is 39.1. The summed E-state index contributed by atoms with van der Waals surface area (Å²) >= 11 is 0. The topological polar surface area (TPSA) is 78.9 Å². The van der Waals surface area contributed by atoms with Crippen molar-refractivity contribution < 1.29 is 28.6 Å². The van der Waals surface area contributed by atoms with Crippen LogP contribution in [0.15, 0.2) is 109 Å². The van der Waals surface area contributed by atoms with E-state index in [-0.39, 0.29) is 44.0 Å². The molecule has 0 aliphatic heterocycles. The molecule has 0 aromatic rings. The maximum absolute atomic E-state index is 12.6. The number of ether oxygens (including phenoxy) is 3. The van der Waals surface area contributed by atoms with Gasteiger partial charge in [0.25, 0.3) is 0 Å². The van der Waals surface area contributed by atoms with Gasteiger partial charge in [0.05, 0.1) is 0 Å². The molecule has 0 aromatic carbocycles. The van der Waals surface area contributed by atoms with Gasteiger partial charge in [-0.15, -0.1) is 0 Å². The van der Waals surface area contributed by atoms with Gasteiger partial charge in [-0.25, -0.2) is 0 Å². The molecule has 6 nitrogen and oxygen atoms in total. The van der Waals surface area contributed by atoms with Crippen LogP contribution in [0.3, 0.4) is 0 Å². The van der Waals surface area contributed by atoms with Gasteiger partial charge in [-0.2, -0.15) is 0 Å². The lowest BCUT2D eigenvalue weighted by Crippen LogP contribution is -2.30. The molecule has 0 aromatic heterocycles. The molecule has 0 aliphatic carbocycles. The molecular formula is C47H72O6. The molecule has 296 valence electrons. The zero-order chi connectivity index (χ0) is 38.7. The van der Waals surface area contributed by atoms with Gasteiger partial charge in [-0.05, 0) is 51.4 Å². The van der Waals surface area contributed by atoms with Crippen molar-refractivity contribution in [2.45, 2.75) is 155 Å². The standard InChI is InChI=1S/C47H72O6/c1-4-7-10-13-16-19-21-23-25-28-31-34-37-40-46(49)52-43-44(42-51-45(48)39-36-33-30-27-18-15-12-9-6-3)53-47(50)41-38-35-32-29-26-24-22-20-17-14-11-8-5-2/h7-8,10-11,13-14,16-17,19-26,28,31,44H,4-6,9,12,15,18,27,29-30,32-43H2,1-3H3/b10-7-,11-8-,16-13-,17-14-,21-19-,22-20-,25-23-,26-24-,31-28-. The lowest BCUT2D eigenvalue weighted by atomic mass is 10.1. The van der Waals surface area contributed by atoms with Gasteiger partial charge in [0.2, 0.25) is 0 Å². The first-order chi connectivity index (χ1) is 26.0. The van der Waals surface area contributed by atoms with Crippen LogP contribution in [-0.2, 0) is 28.6 Å². The van der Waals surface area contributed by atoms with Crippen LogP contribution >= 0.6 is 0 Å². The molecule has 0 saturated carbocycles. The SMILES string of the molecule is CC\C=C/C=C\C=C/C=C\C=C/CCCC(=O)OCC(COC(=O)CCCCCCCCCCC)OC(=O)CCCCC\C=C/C=C\C=C/C=C\CC. The Labute approximate surface area is 323 Å². The van der Waals surface area contributed by atoms with E-state index in [0.29, 0.717) is 19.3 Å². The minimum Gasteiger partial charge on any atom is -0.462 e. The average Bonchev–Trinajstić information content (AvgIpc) is 3.15. The maximum atomic E-state index is 12.6. The Morgan fingerprint density at radius 3 is 1.23 bits per heavy atom. The van der Waals surface area contributed by atoms with Crippen LogP contribution in [-0.4, -0.2) is 37.2 Å². The van der Waals surface area contributed by atoms with Crippen molar-refractivity contribution in [3.8, 4) is 0 Å². The molecule has 0 radical (unpaired) electrons. The maximum Gasteiger partial charge on any atom is 0.306 e. The molecule has 0 rings (SSSR count). The molecule has 1 unspecified atom stereocenters. The zero-order valence-electron chi connectivity index (χ0n) is 33.5. The average molecular weight is 733 g/mol. The van der Waals surface area contributed by atoms with E-state index in [9.17, 15) is 14.4 Å². The molecule has 0 heterocycles. The minimum absolute atomic E-state index is 0.119. The Balaban J connectivity index is 4.61. The molecule has 0 aliphatic rings. The molecule has 0 fully saturated rings. The number of hydrogen-bond acceptors (Lipinski definition) is 6. The highest BCUT2D eigenvalue weighted by Crippen LogP contribution is 2.12. The van der Waals surface area contributed by atoms with Gasteiger partial charge >= 0.3 is 17.9 Å². The lowest BCUT2D eigenvalue weighted by Gasteiger charge is -2.18. The second-order valence-corrected chi connectivity index (χ2v) is 13.0. The summed E-state index contributed by atoms with van der Waals surface area (Å²) in [5, 5.41) is 0. The van der Waals surface area contributed by atoms with Crippen LogP contribution in [0.1, 0.15) is 149 Å². The summed E-state index contributed by atoms with van der Waals surface area (Å²) in [7, 11) is 0. The van der Waals surface area contributed by atoms with Gasteiger partial charge in [0.1, 0.15) is 13.2 Å². The molecule has 0 bridgehead atoms. The molecule has 0 amide bonds. The second-order valence-electron chi connectivity index (χ2n) is 13.0. The lowest BCUT2D eigenvalue weighted by molar-refractivity contribution is -0.167. The van der Waals surface area contributed by atoms with E-state index in [1.165, 1.54) is 38.5 Å². The van der Waals surface area contributed by atoms with E-state index >= 15 is 0 Å². The highest BCUT2D eigenvalue weighted by atomic mass is 16.6. The molecule has 0 spiro atoms. The summed E-state index contributed by atoms with van der Waals surface area (Å²) < 4.78 is 16.5. The third-order valence-corrected chi connectivity index (χ3v) is 8.00. The molecule has 0 N–H and O–H groups in total. The summed E-state index contributed by atoms with van der Waals surface area (Å²) in [6.07, 6.45) is 53.7. The van der Waals surface area contributed by atoms with Crippen molar-refractivity contribution in [1.82, 2.24) is 0 Å². The molecule has 6 heteroatoms. The van der Waals surface area contributed by atoms with Crippen LogP contribution in [0.5, 0.6) is 0 Å². The fraction of sp³-hybridized carbons (Fsp3) is 0.553. The third-order valence-electron chi connectivity index (χ3n) is 8.00. The fourth-order valence-corrected chi connectivity index (χ4v) is 4.95. The molecule has 0 saturated heterocycles. The Kier molecular flexibility index (Phi) is 37.8. The highest BCUT2D eigenvalue weighted by Gasteiger charge is 2.19. The quantitative estimate of drug-likeness (QED) is 0.0284. The van der Waals surface area contributed by atoms with Crippen LogP contribution < -0.4 is 0 Å². The first-order valence-corrected chi connectivity index (χ1v) is 20.5. The first kappa shape index (κ1) is 49.1. The van der Waals surface area contributed by atoms with E-state index < -0.39 is 6.10 Å². The molecule has 53 heavy (non-hydrogen) atoms. The summed E-state index contributed by atoms with van der Waals surface area (Å²) in [5.41, 5.74) is 0. The van der Waals surface area contributed by atoms with Crippen molar-refractivity contribution in [2.75, 3.05) is 13.2 Å². The largest absolute Gasteiger partial charge is 0.462 e. The first-order valence-electron chi connectivity index (χ1n) is 20.5.